The summed E-state index contributed by atoms with van der Waals surface area (Å²) in [4.78, 5) is 13.0. The van der Waals surface area contributed by atoms with Crippen molar-refractivity contribution < 1.29 is 18.7 Å². The van der Waals surface area contributed by atoms with Crippen LogP contribution in [0.25, 0.3) is 10.4 Å². The minimum Gasteiger partial charge on any atom is -0.485 e. The minimum absolute atomic E-state index is 0.180. The van der Waals surface area contributed by atoms with Gasteiger partial charge in [-0.15, -0.1) is 11.3 Å². The van der Waals surface area contributed by atoms with Crippen molar-refractivity contribution in [2.24, 2.45) is 0 Å². The van der Waals surface area contributed by atoms with Gasteiger partial charge in [0.2, 0.25) is 0 Å². The third-order valence-electron chi connectivity index (χ3n) is 2.91. The second-order valence-electron chi connectivity index (χ2n) is 4.24. The summed E-state index contributed by atoms with van der Waals surface area (Å²) in [6, 6.07) is 4.58. The maximum atomic E-state index is 13.8. The molecule has 2 aromatic rings. The van der Waals surface area contributed by atoms with Gasteiger partial charge in [-0.25, -0.2) is 9.18 Å². The lowest BCUT2D eigenvalue weighted by atomic mass is 10.1. The van der Waals surface area contributed by atoms with E-state index >= 15 is 0 Å². The highest BCUT2D eigenvalue weighted by Crippen LogP contribution is 2.45. The predicted molar refractivity (Wildman–Crippen MR) is 75.0 cm³/mol. The Balaban J connectivity index is 2.10. The number of benzene rings is 1. The van der Waals surface area contributed by atoms with Crippen LogP contribution in [-0.2, 0) is 11.3 Å². The van der Waals surface area contributed by atoms with Crippen molar-refractivity contribution in [1.29, 1.82) is 0 Å². The van der Waals surface area contributed by atoms with Gasteiger partial charge in [0.25, 0.3) is 0 Å². The normalized spacial score (nSPS) is 12.3. The Labute approximate surface area is 123 Å². The number of thiophene rings is 1. The van der Waals surface area contributed by atoms with Gasteiger partial charge in [0, 0.05) is 21.0 Å². The number of hydrogen-bond acceptors (Lipinski definition) is 4. The molecular weight excluding hydrogens is 303 g/mol. The van der Waals surface area contributed by atoms with Crippen molar-refractivity contribution in [3.05, 3.63) is 39.5 Å². The van der Waals surface area contributed by atoms with Gasteiger partial charge >= 0.3 is 5.97 Å². The summed E-state index contributed by atoms with van der Waals surface area (Å²) < 4.78 is 24.2. The lowest BCUT2D eigenvalue weighted by molar-refractivity contribution is 0.0532. The number of hydrogen-bond donors (Lipinski definition) is 0. The average Bonchev–Trinajstić information content (AvgIpc) is 2.83. The largest absolute Gasteiger partial charge is 0.485 e. The van der Waals surface area contributed by atoms with E-state index in [1.807, 2.05) is 0 Å². The molecular formula is C14H10ClFO3S. The van der Waals surface area contributed by atoms with Crippen molar-refractivity contribution >= 4 is 28.9 Å². The van der Waals surface area contributed by atoms with Gasteiger partial charge < -0.3 is 9.47 Å². The van der Waals surface area contributed by atoms with Gasteiger partial charge in [-0.05, 0) is 25.1 Å². The van der Waals surface area contributed by atoms with Crippen LogP contribution >= 0.6 is 22.9 Å². The molecule has 0 amide bonds. The van der Waals surface area contributed by atoms with Gasteiger partial charge in [-0.2, -0.15) is 0 Å². The average molecular weight is 313 g/mol. The summed E-state index contributed by atoms with van der Waals surface area (Å²) >= 11 is 7.15. The van der Waals surface area contributed by atoms with Crippen LogP contribution in [0.1, 0.15) is 22.2 Å². The Hall–Kier alpha value is -1.59. The van der Waals surface area contributed by atoms with Gasteiger partial charge in [0.05, 0.1) is 6.61 Å². The zero-order valence-corrected chi connectivity index (χ0v) is 12.1. The number of carbonyl (C=O) groups is 1. The standard InChI is InChI=1S/C14H10ClFO3S/c1-2-18-14(17)11-3-7-6-19-12-9(13(7)20-11)4-8(15)5-10(12)16/h3-5H,2,6H2,1H3. The Morgan fingerprint density at radius 1 is 1.50 bits per heavy atom. The number of esters is 1. The fourth-order valence-corrected chi connectivity index (χ4v) is 3.37. The Bertz CT molecular complexity index is 696. The molecule has 20 heavy (non-hydrogen) atoms. The molecule has 1 aliphatic heterocycles. The van der Waals surface area contributed by atoms with E-state index < -0.39 is 5.82 Å². The molecule has 6 heteroatoms. The number of ether oxygens (including phenoxy) is 2. The highest BCUT2D eigenvalue weighted by Gasteiger charge is 2.25. The lowest BCUT2D eigenvalue weighted by Crippen LogP contribution is -2.05. The molecule has 0 bridgehead atoms. The number of halogens is 2. The smallest absolute Gasteiger partial charge is 0.348 e. The van der Waals surface area contributed by atoms with E-state index in [0.717, 1.165) is 10.4 Å². The number of rotatable bonds is 2. The van der Waals surface area contributed by atoms with E-state index in [2.05, 4.69) is 0 Å². The van der Waals surface area contributed by atoms with Crippen molar-refractivity contribution in [3.63, 3.8) is 0 Å². The van der Waals surface area contributed by atoms with E-state index in [-0.39, 0.29) is 18.3 Å². The molecule has 0 N–H and O–H groups in total. The number of carbonyl (C=O) groups excluding carboxylic acids is 1. The van der Waals surface area contributed by atoms with Gasteiger partial charge in [0.15, 0.2) is 11.6 Å². The summed E-state index contributed by atoms with van der Waals surface area (Å²) in [5, 5.41) is 0.295. The zero-order valence-electron chi connectivity index (χ0n) is 10.5. The van der Waals surface area contributed by atoms with Gasteiger partial charge in [-0.3, -0.25) is 0 Å². The molecule has 2 heterocycles. The summed E-state index contributed by atoms with van der Waals surface area (Å²) in [6.45, 7) is 2.30. The second-order valence-corrected chi connectivity index (χ2v) is 5.73. The van der Waals surface area contributed by atoms with E-state index in [1.54, 1.807) is 19.1 Å². The fraction of sp³-hybridized carbons (Fsp3) is 0.214. The van der Waals surface area contributed by atoms with Crippen LogP contribution in [0.4, 0.5) is 4.39 Å². The van der Waals surface area contributed by atoms with Crippen LogP contribution in [0.5, 0.6) is 5.75 Å². The maximum absolute atomic E-state index is 13.8. The van der Waals surface area contributed by atoms with Crippen LogP contribution in [0.15, 0.2) is 18.2 Å². The molecule has 3 rings (SSSR count). The first kappa shape index (κ1) is 13.4. The molecule has 0 fully saturated rings. The monoisotopic (exact) mass is 312 g/mol. The molecule has 0 radical (unpaired) electrons. The van der Waals surface area contributed by atoms with Crippen LogP contribution in [0, 0.1) is 5.82 Å². The molecule has 0 unspecified atom stereocenters. The Morgan fingerprint density at radius 2 is 2.30 bits per heavy atom. The fourth-order valence-electron chi connectivity index (χ4n) is 2.09. The summed E-state index contributed by atoms with van der Waals surface area (Å²) in [5.74, 6) is -0.695. The molecule has 104 valence electrons. The van der Waals surface area contributed by atoms with Gasteiger partial charge in [-0.1, -0.05) is 11.6 Å². The van der Waals surface area contributed by atoms with E-state index in [0.29, 0.717) is 22.1 Å². The molecule has 0 atom stereocenters. The molecule has 1 aliphatic rings. The third-order valence-corrected chi connectivity index (χ3v) is 4.32. The molecule has 1 aromatic heterocycles. The number of fused-ring (bicyclic) bond motifs is 3. The van der Waals surface area contributed by atoms with Crippen molar-refractivity contribution in [2.45, 2.75) is 13.5 Å². The Morgan fingerprint density at radius 3 is 3.05 bits per heavy atom. The van der Waals surface area contributed by atoms with E-state index in [9.17, 15) is 9.18 Å². The van der Waals surface area contributed by atoms with E-state index in [1.165, 1.54) is 17.4 Å². The molecule has 0 saturated heterocycles. The predicted octanol–water partition coefficient (Wildman–Crippen LogP) is 4.28. The second kappa shape index (κ2) is 5.07. The van der Waals surface area contributed by atoms with Crippen LogP contribution in [0.2, 0.25) is 5.02 Å². The molecule has 0 aliphatic carbocycles. The first-order valence-electron chi connectivity index (χ1n) is 6.02. The summed E-state index contributed by atoms with van der Waals surface area (Å²) in [5.41, 5.74) is 1.42. The third kappa shape index (κ3) is 2.17. The highest BCUT2D eigenvalue weighted by molar-refractivity contribution is 7.17. The minimum atomic E-state index is -0.496. The Kier molecular flexibility index (Phi) is 3.40. The molecule has 3 nitrogen and oxygen atoms in total. The van der Waals surface area contributed by atoms with Crippen LogP contribution in [0.3, 0.4) is 0 Å². The van der Waals surface area contributed by atoms with Gasteiger partial charge in [0.1, 0.15) is 11.5 Å². The van der Waals surface area contributed by atoms with Crippen molar-refractivity contribution in [1.82, 2.24) is 0 Å². The highest BCUT2D eigenvalue weighted by atomic mass is 35.5. The first-order chi connectivity index (χ1) is 9.60. The zero-order chi connectivity index (χ0) is 14.3. The van der Waals surface area contributed by atoms with Crippen molar-refractivity contribution in [2.75, 3.05) is 6.61 Å². The molecule has 0 saturated carbocycles. The maximum Gasteiger partial charge on any atom is 0.348 e. The quantitative estimate of drug-likeness (QED) is 0.777. The summed E-state index contributed by atoms with van der Waals surface area (Å²) in [6.07, 6.45) is 0. The first-order valence-corrected chi connectivity index (χ1v) is 7.21. The van der Waals surface area contributed by atoms with Crippen LogP contribution < -0.4 is 4.74 Å². The lowest BCUT2D eigenvalue weighted by Gasteiger charge is -2.18. The SMILES string of the molecule is CCOC(=O)c1cc2c(s1)-c1cc(Cl)cc(F)c1OC2. The van der Waals surface area contributed by atoms with Crippen molar-refractivity contribution in [3.8, 4) is 16.2 Å². The molecule has 0 spiro atoms. The van der Waals surface area contributed by atoms with E-state index in [4.69, 9.17) is 21.1 Å². The van der Waals surface area contributed by atoms with Crippen LogP contribution in [-0.4, -0.2) is 12.6 Å². The topological polar surface area (TPSA) is 35.5 Å². The molecule has 1 aromatic carbocycles. The summed E-state index contributed by atoms with van der Waals surface area (Å²) in [7, 11) is 0.